The molecule has 0 spiro atoms. The minimum atomic E-state index is 0.975. The Kier molecular flexibility index (Phi) is 25.8. The normalized spacial score (nSPS) is 37.6. The first-order chi connectivity index (χ1) is 20.9. The Hall–Kier alpha value is -0.260. The number of fused-ring (bicyclic) bond motifs is 9. The molecule has 0 nitrogen and oxygen atoms in total. The molecule has 0 heterocycles. The average Bonchev–Trinajstić information content (AvgIpc) is 3.11. The van der Waals surface area contributed by atoms with Gasteiger partial charge in [0.25, 0.3) is 0 Å². The number of allylic oxidation sites excluding steroid dienone is 2. The third-order valence-electron chi connectivity index (χ3n) is 11.7. The van der Waals surface area contributed by atoms with Crippen LogP contribution in [0.5, 0.6) is 0 Å². The van der Waals surface area contributed by atoms with Crippen molar-refractivity contribution in [3.63, 3.8) is 0 Å². The van der Waals surface area contributed by atoms with Crippen molar-refractivity contribution in [1.29, 1.82) is 0 Å². The summed E-state index contributed by atoms with van der Waals surface area (Å²) in [4.78, 5) is 0. The van der Waals surface area contributed by atoms with E-state index in [4.69, 9.17) is 0 Å². The topological polar surface area (TPSA) is 0 Å². The highest BCUT2D eigenvalue weighted by Gasteiger charge is 2.60. The van der Waals surface area contributed by atoms with Gasteiger partial charge in [-0.1, -0.05) is 147 Å². The van der Waals surface area contributed by atoms with E-state index in [1.165, 1.54) is 74.0 Å². The summed E-state index contributed by atoms with van der Waals surface area (Å²) in [5.74, 6) is 11.6. The Balaban J connectivity index is 0.000000650. The van der Waals surface area contributed by atoms with E-state index in [1.54, 1.807) is 77.0 Å². The first-order valence-electron chi connectivity index (χ1n) is 20.6. The molecule has 0 radical (unpaired) electrons. The zero-order valence-electron chi connectivity index (χ0n) is 31.7. The molecule has 6 atom stereocenters. The Labute approximate surface area is 269 Å². The standard InChI is InChI=1S/C20H32.C10H16.6C2H6/c1-3-7-15-13(5-1)9-11-17-19(15)18-12-10-14-6-2-4-8-16(14)20(17)18;1-2-6-10-8-4-3-7-9(10)5-1;6*1-2/h13-20H,1-12H2;1,5,9-10H,2-4,6-8H2;6*1-2H3. The average molecular weight is 589 g/mol. The summed E-state index contributed by atoms with van der Waals surface area (Å²) in [6.45, 7) is 24.0. The zero-order valence-corrected chi connectivity index (χ0v) is 31.7. The summed E-state index contributed by atoms with van der Waals surface area (Å²) in [6.07, 6.45) is 32.8. The maximum absolute atomic E-state index is 2.47. The van der Waals surface area contributed by atoms with Gasteiger partial charge >= 0.3 is 0 Å². The monoisotopic (exact) mass is 589 g/mol. The summed E-state index contributed by atoms with van der Waals surface area (Å²) in [6, 6.07) is 0. The van der Waals surface area contributed by atoms with Crippen molar-refractivity contribution >= 4 is 0 Å². The van der Waals surface area contributed by atoms with Crippen LogP contribution in [0, 0.1) is 59.2 Å². The maximum Gasteiger partial charge on any atom is -0.0205 e. The first kappa shape index (κ1) is 41.7. The molecule has 42 heavy (non-hydrogen) atoms. The van der Waals surface area contributed by atoms with Crippen LogP contribution in [-0.4, -0.2) is 0 Å². The largest absolute Gasteiger partial charge is 0.0882 e. The Morgan fingerprint density at radius 1 is 0.333 bits per heavy atom. The molecule has 0 amide bonds. The van der Waals surface area contributed by atoms with E-state index < -0.39 is 0 Å². The van der Waals surface area contributed by atoms with Crippen LogP contribution in [0.15, 0.2) is 12.2 Å². The summed E-state index contributed by atoms with van der Waals surface area (Å²) >= 11 is 0. The second-order valence-corrected chi connectivity index (χ2v) is 12.8. The van der Waals surface area contributed by atoms with Crippen LogP contribution in [0.4, 0.5) is 0 Å². The fourth-order valence-electron chi connectivity index (χ4n) is 10.5. The van der Waals surface area contributed by atoms with Gasteiger partial charge in [0.2, 0.25) is 0 Å². The summed E-state index contributed by atoms with van der Waals surface area (Å²) < 4.78 is 0. The third kappa shape index (κ3) is 11.0. The number of hydrogen-bond donors (Lipinski definition) is 0. The highest BCUT2D eigenvalue weighted by molar-refractivity contribution is 5.09. The second kappa shape index (κ2) is 26.0. The van der Waals surface area contributed by atoms with E-state index in [9.17, 15) is 0 Å². The molecule has 7 aliphatic rings. The van der Waals surface area contributed by atoms with Gasteiger partial charge in [-0.2, -0.15) is 0 Å². The molecule has 0 N–H and O–H groups in total. The third-order valence-corrected chi connectivity index (χ3v) is 11.7. The lowest BCUT2D eigenvalue weighted by molar-refractivity contribution is -0.178. The maximum atomic E-state index is 2.47. The van der Waals surface area contributed by atoms with Crippen molar-refractivity contribution in [2.24, 2.45) is 59.2 Å². The van der Waals surface area contributed by atoms with Gasteiger partial charge in [0, 0.05) is 0 Å². The summed E-state index contributed by atoms with van der Waals surface area (Å²) in [5, 5.41) is 0. The molecule has 6 fully saturated rings. The van der Waals surface area contributed by atoms with Crippen LogP contribution in [0.1, 0.15) is 199 Å². The smallest absolute Gasteiger partial charge is 0.0205 e. The van der Waals surface area contributed by atoms with E-state index in [0.29, 0.717) is 0 Å². The lowest BCUT2D eigenvalue weighted by Gasteiger charge is -2.66. The molecule has 7 aliphatic carbocycles. The van der Waals surface area contributed by atoms with Gasteiger partial charge in [-0.25, -0.2) is 0 Å². The molecule has 252 valence electrons. The molecule has 0 saturated heterocycles. The first-order valence-corrected chi connectivity index (χ1v) is 20.6. The van der Waals surface area contributed by atoms with Crippen molar-refractivity contribution < 1.29 is 0 Å². The molecule has 0 aromatic rings. The molecule has 7 rings (SSSR count). The van der Waals surface area contributed by atoms with Crippen LogP contribution in [0.25, 0.3) is 0 Å². The van der Waals surface area contributed by atoms with E-state index in [2.05, 4.69) is 12.2 Å². The Morgan fingerprint density at radius 2 is 0.714 bits per heavy atom. The van der Waals surface area contributed by atoms with E-state index >= 15 is 0 Å². The van der Waals surface area contributed by atoms with Gasteiger partial charge in [0.15, 0.2) is 0 Å². The van der Waals surface area contributed by atoms with Crippen molar-refractivity contribution in [3.8, 4) is 0 Å². The number of rotatable bonds is 0. The molecular formula is C42H84. The van der Waals surface area contributed by atoms with Crippen LogP contribution in [-0.2, 0) is 0 Å². The minimum absolute atomic E-state index is 0.975. The van der Waals surface area contributed by atoms with Crippen LogP contribution >= 0.6 is 0 Å². The van der Waals surface area contributed by atoms with Crippen molar-refractivity contribution in [2.75, 3.05) is 0 Å². The van der Waals surface area contributed by atoms with E-state index in [0.717, 1.165) is 23.7 Å². The fraction of sp³-hybridized carbons (Fsp3) is 0.952. The Bertz CT molecular complexity index is 559. The van der Waals surface area contributed by atoms with Gasteiger partial charge in [0.1, 0.15) is 0 Å². The minimum Gasteiger partial charge on any atom is -0.0882 e. The highest BCUT2D eigenvalue weighted by atomic mass is 14.7. The molecule has 0 aromatic heterocycles. The van der Waals surface area contributed by atoms with E-state index in [1.807, 2.05) is 83.1 Å². The molecule has 0 aliphatic heterocycles. The molecular weight excluding hydrogens is 504 g/mol. The van der Waals surface area contributed by atoms with E-state index in [-0.39, 0.29) is 0 Å². The van der Waals surface area contributed by atoms with Crippen molar-refractivity contribution in [2.45, 2.75) is 199 Å². The number of hydrogen-bond acceptors (Lipinski definition) is 0. The quantitative estimate of drug-likeness (QED) is 0.247. The predicted octanol–water partition coefficient (Wildman–Crippen LogP) is 15.0. The van der Waals surface area contributed by atoms with Crippen LogP contribution in [0.3, 0.4) is 0 Å². The van der Waals surface area contributed by atoms with Gasteiger partial charge < -0.3 is 0 Å². The van der Waals surface area contributed by atoms with Gasteiger partial charge in [-0.05, 0) is 123 Å². The molecule has 6 unspecified atom stereocenters. The lowest BCUT2D eigenvalue weighted by Crippen LogP contribution is -2.60. The van der Waals surface area contributed by atoms with Gasteiger partial charge in [-0.15, -0.1) is 0 Å². The summed E-state index contributed by atoms with van der Waals surface area (Å²) in [7, 11) is 0. The van der Waals surface area contributed by atoms with Gasteiger partial charge in [0.05, 0.1) is 0 Å². The zero-order chi connectivity index (χ0) is 31.9. The summed E-state index contributed by atoms with van der Waals surface area (Å²) in [5.41, 5.74) is 0. The van der Waals surface area contributed by atoms with Crippen molar-refractivity contribution in [1.82, 2.24) is 0 Å². The molecule has 0 aromatic carbocycles. The fourth-order valence-corrected chi connectivity index (χ4v) is 10.5. The highest BCUT2D eigenvalue weighted by Crippen LogP contribution is 2.67. The Morgan fingerprint density at radius 3 is 1.14 bits per heavy atom. The molecule has 0 heteroatoms. The molecule has 0 bridgehead atoms. The van der Waals surface area contributed by atoms with Crippen molar-refractivity contribution in [3.05, 3.63) is 12.2 Å². The van der Waals surface area contributed by atoms with Crippen LogP contribution in [0.2, 0.25) is 0 Å². The predicted molar refractivity (Wildman–Crippen MR) is 195 cm³/mol. The second-order valence-electron chi connectivity index (χ2n) is 12.8. The van der Waals surface area contributed by atoms with Gasteiger partial charge in [-0.3, -0.25) is 0 Å². The molecule has 6 saturated carbocycles. The SMILES string of the molecule is C1=CC2CCCCC2CC1.C1CCC2C(C1)CCC1C2C2CCC3CCCCC3C12.CC.CC.CC.CC.CC.CC. The lowest BCUT2D eigenvalue weighted by atomic mass is 9.39. The van der Waals surface area contributed by atoms with Crippen LogP contribution < -0.4 is 0 Å².